The lowest BCUT2D eigenvalue weighted by Crippen LogP contribution is -2.47. The Hall–Kier alpha value is -1.40. The summed E-state index contributed by atoms with van der Waals surface area (Å²) in [6.45, 7) is 3.16. The normalized spacial score (nSPS) is 22.4. The average Bonchev–Trinajstić information content (AvgIpc) is 2.88. The van der Waals surface area contributed by atoms with E-state index in [2.05, 4.69) is 46.5 Å². The number of nitrogens with one attached hydrogen (secondary N) is 1. The SMILES string of the molecule is CN1CCO[C@@H](CNCc2ncc(Cl)n2C)[C@@H]1c1ccccc1. The second-order valence-electron chi connectivity index (χ2n) is 5.93. The Bertz CT molecular complexity index is 631. The van der Waals surface area contributed by atoms with Gasteiger partial charge < -0.3 is 14.6 Å². The number of ether oxygens (including phenoxy) is 1. The van der Waals surface area contributed by atoms with Crippen molar-refractivity contribution < 1.29 is 4.74 Å². The van der Waals surface area contributed by atoms with Crippen LogP contribution >= 0.6 is 11.6 Å². The van der Waals surface area contributed by atoms with Gasteiger partial charge in [0.2, 0.25) is 0 Å². The molecule has 124 valence electrons. The van der Waals surface area contributed by atoms with Crippen LogP contribution in [0.15, 0.2) is 36.5 Å². The molecular formula is C17H23ClN4O. The summed E-state index contributed by atoms with van der Waals surface area (Å²) in [5, 5.41) is 4.10. The number of morpholine rings is 1. The zero-order valence-corrected chi connectivity index (χ0v) is 14.3. The van der Waals surface area contributed by atoms with Crippen molar-refractivity contribution in [2.24, 2.45) is 7.05 Å². The highest BCUT2D eigenvalue weighted by Crippen LogP contribution is 2.27. The zero-order valence-electron chi connectivity index (χ0n) is 13.6. The van der Waals surface area contributed by atoms with E-state index in [0.717, 1.165) is 25.5 Å². The lowest BCUT2D eigenvalue weighted by Gasteiger charge is -2.39. The number of imidazole rings is 1. The summed E-state index contributed by atoms with van der Waals surface area (Å²) in [5.41, 5.74) is 1.29. The molecule has 1 fully saturated rings. The summed E-state index contributed by atoms with van der Waals surface area (Å²) in [6.07, 6.45) is 1.79. The van der Waals surface area contributed by atoms with Crippen LogP contribution in [-0.4, -0.2) is 47.3 Å². The van der Waals surface area contributed by atoms with Gasteiger partial charge in [-0.05, 0) is 12.6 Å². The number of benzene rings is 1. The fourth-order valence-corrected chi connectivity index (χ4v) is 3.21. The van der Waals surface area contributed by atoms with E-state index in [1.807, 2.05) is 17.7 Å². The van der Waals surface area contributed by atoms with Gasteiger partial charge >= 0.3 is 0 Å². The minimum atomic E-state index is 0.117. The van der Waals surface area contributed by atoms with Crippen LogP contribution in [0.25, 0.3) is 0 Å². The lowest BCUT2D eigenvalue weighted by atomic mass is 9.98. The third kappa shape index (κ3) is 3.75. The third-order valence-electron chi connectivity index (χ3n) is 4.40. The van der Waals surface area contributed by atoms with Crippen LogP contribution in [-0.2, 0) is 18.3 Å². The molecule has 0 spiro atoms. The first-order valence-electron chi connectivity index (χ1n) is 7.90. The second-order valence-corrected chi connectivity index (χ2v) is 6.32. The maximum atomic E-state index is 6.03. The highest BCUT2D eigenvalue weighted by Gasteiger charge is 2.31. The lowest BCUT2D eigenvalue weighted by molar-refractivity contribution is -0.0615. The van der Waals surface area contributed by atoms with E-state index < -0.39 is 0 Å². The van der Waals surface area contributed by atoms with Gasteiger partial charge in [0.05, 0.1) is 31.5 Å². The molecule has 5 nitrogen and oxygen atoms in total. The van der Waals surface area contributed by atoms with Gasteiger partial charge in [0.25, 0.3) is 0 Å². The summed E-state index contributed by atoms with van der Waals surface area (Å²) in [5.74, 6) is 0.926. The Morgan fingerprint density at radius 2 is 2.09 bits per heavy atom. The molecule has 2 aromatic rings. The van der Waals surface area contributed by atoms with Gasteiger partial charge in [-0.15, -0.1) is 0 Å². The van der Waals surface area contributed by atoms with E-state index in [4.69, 9.17) is 16.3 Å². The fraction of sp³-hybridized carbons (Fsp3) is 0.471. The summed E-state index contributed by atoms with van der Waals surface area (Å²) in [4.78, 5) is 6.67. The number of halogens is 1. The van der Waals surface area contributed by atoms with Gasteiger partial charge in [-0.25, -0.2) is 4.98 Å². The topological polar surface area (TPSA) is 42.3 Å². The van der Waals surface area contributed by atoms with E-state index in [-0.39, 0.29) is 12.1 Å². The first-order valence-corrected chi connectivity index (χ1v) is 8.28. The van der Waals surface area contributed by atoms with Crippen LogP contribution in [0, 0.1) is 0 Å². The van der Waals surface area contributed by atoms with Crippen molar-refractivity contribution in [1.29, 1.82) is 0 Å². The number of hydrogen-bond donors (Lipinski definition) is 1. The molecular weight excluding hydrogens is 312 g/mol. The minimum Gasteiger partial charge on any atom is -0.374 e. The van der Waals surface area contributed by atoms with Gasteiger partial charge in [-0.2, -0.15) is 0 Å². The van der Waals surface area contributed by atoms with Crippen molar-refractivity contribution in [3.8, 4) is 0 Å². The molecule has 23 heavy (non-hydrogen) atoms. The molecule has 1 saturated heterocycles. The van der Waals surface area contributed by atoms with Crippen molar-refractivity contribution in [2.75, 3.05) is 26.7 Å². The van der Waals surface area contributed by atoms with Crippen LogP contribution in [0.5, 0.6) is 0 Å². The predicted molar refractivity (Wildman–Crippen MR) is 91.5 cm³/mol. The summed E-state index contributed by atoms with van der Waals surface area (Å²) in [6, 6.07) is 10.8. The third-order valence-corrected chi connectivity index (χ3v) is 4.75. The first-order chi connectivity index (χ1) is 11.2. The Labute approximate surface area is 142 Å². The summed E-state index contributed by atoms with van der Waals surface area (Å²) < 4.78 is 7.92. The van der Waals surface area contributed by atoms with Gasteiger partial charge in [0, 0.05) is 20.1 Å². The Balaban J connectivity index is 1.64. The molecule has 3 rings (SSSR count). The standard InChI is InChI=1S/C17H23ClN4O/c1-21-8-9-23-14(17(21)13-6-4-3-5-7-13)10-19-12-16-20-11-15(18)22(16)2/h3-7,11,14,17,19H,8-10,12H2,1-2H3/t14-,17-/m0/s1. The van der Waals surface area contributed by atoms with E-state index in [1.54, 1.807) is 6.20 Å². The van der Waals surface area contributed by atoms with Gasteiger partial charge in [0.1, 0.15) is 11.0 Å². The summed E-state index contributed by atoms with van der Waals surface area (Å²) in [7, 11) is 4.08. The van der Waals surface area contributed by atoms with Crippen LogP contribution in [0.3, 0.4) is 0 Å². The number of nitrogens with zero attached hydrogens (tertiary/aromatic N) is 3. The van der Waals surface area contributed by atoms with Crippen LogP contribution < -0.4 is 5.32 Å². The maximum absolute atomic E-state index is 6.03. The van der Waals surface area contributed by atoms with Crippen LogP contribution in [0.2, 0.25) is 5.15 Å². The van der Waals surface area contributed by atoms with E-state index in [0.29, 0.717) is 11.7 Å². The molecule has 6 heteroatoms. The molecule has 0 bridgehead atoms. The van der Waals surface area contributed by atoms with E-state index >= 15 is 0 Å². The quantitative estimate of drug-likeness (QED) is 0.910. The van der Waals surface area contributed by atoms with Crippen molar-refractivity contribution in [1.82, 2.24) is 19.8 Å². The van der Waals surface area contributed by atoms with Gasteiger partial charge in [0.15, 0.2) is 0 Å². The molecule has 0 amide bonds. The molecule has 2 heterocycles. The molecule has 1 N–H and O–H groups in total. The minimum absolute atomic E-state index is 0.117. The van der Waals surface area contributed by atoms with Gasteiger partial charge in [-0.3, -0.25) is 4.90 Å². The number of aromatic nitrogens is 2. The monoisotopic (exact) mass is 334 g/mol. The molecule has 1 aliphatic heterocycles. The van der Waals surface area contributed by atoms with Crippen molar-refractivity contribution >= 4 is 11.6 Å². The zero-order chi connectivity index (χ0) is 16.2. The molecule has 1 aliphatic rings. The molecule has 0 saturated carbocycles. The predicted octanol–water partition coefficient (Wildman–Crippen LogP) is 2.23. The number of rotatable bonds is 5. The summed E-state index contributed by atoms with van der Waals surface area (Å²) >= 11 is 6.02. The highest BCUT2D eigenvalue weighted by atomic mass is 35.5. The molecule has 1 aromatic carbocycles. The molecule has 2 atom stereocenters. The van der Waals surface area contributed by atoms with Crippen LogP contribution in [0.4, 0.5) is 0 Å². The Kier molecular flexibility index (Phi) is 5.33. The second kappa shape index (κ2) is 7.45. The average molecular weight is 335 g/mol. The molecule has 1 aromatic heterocycles. The molecule has 0 unspecified atom stereocenters. The highest BCUT2D eigenvalue weighted by molar-refractivity contribution is 6.29. The van der Waals surface area contributed by atoms with E-state index in [1.165, 1.54) is 5.56 Å². The fourth-order valence-electron chi connectivity index (χ4n) is 3.07. The Morgan fingerprint density at radius 1 is 1.30 bits per heavy atom. The molecule has 0 aliphatic carbocycles. The number of hydrogen-bond acceptors (Lipinski definition) is 4. The van der Waals surface area contributed by atoms with Crippen LogP contribution in [0.1, 0.15) is 17.4 Å². The first kappa shape index (κ1) is 16.5. The van der Waals surface area contributed by atoms with Crippen molar-refractivity contribution in [3.05, 3.63) is 53.1 Å². The largest absolute Gasteiger partial charge is 0.374 e. The molecule has 0 radical (unpaired) electrons. The van der Waals surface area contributed by atoms with Crippen molar-refractivity contribution in [2.45, 2.75) is 18.7 Å². The van der Waals surface area contributed by atoms with Gasteiger partial charge in [-0.1, -0.05) is 41.9 Å². The number of likely N-dealkylation sites (N-methyl/N-ethyl adjacent to an activating group) is 1. The Morgan fingerprint density at radius 3 is 2.78 bits per heavy atom. The van der Waals surface area contributed by atoms with Crippen molar-refractivity contribution in [3.63, 3.8) is 0 Å². The van der Waals surface area contributed by atoms with E-state index in [9.17, 15) is 0 Å². The maximum Gasteiger partial charge on any atom is 0.128 e. The smallest absolute Gasteiger partial charge is 0.128 e.